The van der Waals surface area contributed by atoms with E-state index in [2.05, 4.69) is 10.3 Å². The summed E-state index contributed by atoms with van der Waals surface area (Å²) in [5.74, 6) is -0.299. The van der Waals surface area contributed by atoms with E-state index in [1.54, 1.807) is 19.3 Å². The standard InChI is InChI=1S/C13H15N3O2/c1-2-18-13(17)9-7-11(15-10-3-4-10)12-14-5-6-16(12)8-9/h5-8,10,15H,2-4H2,1H3. The van der Waals surface area contributed by atoms with Gasteiger partial charge in [0.05, 0.1) is 17.9 Å². The van der Waals surface area contributed by atoms with E-state index in [0.717, 1.165) is 11.3 Å². The molecule has 5 heteroatoms. The smallest absolute Gasteiger partial charge is 0.339 e. The minimum Gasteiger partial charge on any atom is -0.462 e. The number of ether oxygens (including phenoxy) is 1. The first-order valence-corrected chi connectivity index (χ1v) is 6.18. The Morgan fingerprint density at radius 1 is 1.61 bits per heavy atom. The van der Waals surface area contributed by atoms with Crippen molar-refractivity contribution in [3.63, 3.8) is 0 Å². The molecule has 1 fully saturated rings. The Kier molecular flexibility index (Phi) is 2.66. The molecule has 18 heavy (non-hydrogen) atoms. The monoisotopic (exact) mass is 245 g/mol. The van der Waals surface area contributed by atoms with Crippen LogP contribution < -0.4 is 5.32 Å². The van der Waals surface area contributed by atoms with Crippen LogP contribution in [0.4, 0.5) is 5.69 Å². The molecule has 2 heterocycles. The lowest BCUT2D eigenvalue weighted by molar-refractivity contribution is 0.0526. The van der Waals surface area contributed by atoms with Crippen molar-refractivity contribution in [2.24, 2.45) is 0 Å². The van der Waals surface area contributed by atoms with Crippen molar-refractivity contribution in [1.82, 2.24) is 9.38 Å². The fourth-order valence-electron chi connectivity index (χ4n) is 1.91. The van der Waals surface area contributed by atoms with Crippen LogP contribution in [0.3, 0.4) is 0 Å². The van der Waals surface area contributed by atoms with E-state index >= 15 is 0 Å². The maximum absolute atomic E-state index is 11.8. The second-order valence-electron chi connectivity index (χ2n) is 4.44. The number of fused-ring (bicyclic) bond motifs is 1. The van der Waals surface area contributed by atoms with E-state index in [1.807, 2.05) is 16.7 Å². The Balaban J connectivity index is 2.01. The molecule has 0 atom stereocenters. The number of carbonyl (C=O) groups excluding carboxylic acids is 1. The summed E-state index contributed by atoms with van der Waals surface area (Å²) >= 11 is 0. The zero-order valence-corrected chi connectivity index (χ0v) is 10.2. The molecule has 1 aliphatic carbocycles. The molecule has 0 radical (unpaired) electrons. The van der Waals surface area contributed by atoms with Gasteiger partial charge >= 0.3 is 5.97 Å². The number of anilines is 1. The highest BCUT2D eigenvalue weighted by Crippen LogP contribution is 2.27. The molecule has 0 saturated heterocycles. The number of rotatable bonds is 4. The minimum atomic E-state index is -0.299. The zero-order valence-electron chi connectivity index (χ0n) is 10.2. The first kappa shape index (κ1) is 11.1. The van der Waals surface area contributed by atoms with Crippen LogP contribution in [0.25, 0.3) is 5.65 Å². The molecule has 1 aliphatic rings. The Hall–Kier alpha value is -2.04. The quantitative estimate of drug-likeness (QED) is 0.838. The SMILES string of the molecule is CCOC(=O)c1cc(NC2CC2)c2nccn2c1. The molecule has 3 rings (SSSR count). The lowest BCUT2D eigenvalue weighted by Gasteiger charge is -2.09. The number of hydrogen-bond donors (Lipinski definition) is 1. The van der Waals surface area contributed by atoms with Gasteiger partial charge in [-0.1, -0.05) is 0 Å². The average Bonchev–Trinajstić information content (AvgIpc) is 3.04. The Labute approximate surface area is 105 Å². The number of pyridine rings is 1. The summed E-state index contributed by atoms with van der Waals surface area (Å²) in [7, 11) is 0. The summed E-state index contributed by atoms with van der Waals surface area (Å²) in [6.07, 6.45) is 7.66. The van der Waals surface area contributed by atoms with Crippen molar-refractivity contribution in [3.8, 4) is 0 Å². The predicted octanol–water partition coefficient (Wildman–Crippen LogP) is 2.09. The zero-order chi connectivity index (χ0) is 12.5. The third kappa shape index (κ3) is 2.03. The van der Waals surface area contributed by atoms with E-state index in [9.17, 15) is 4.79 Å². The second-order valence-corrected chi connectivity index (χ2v) is 4.44. The fraction of sp³-hybridized carbons (Fsp3) is 0.385. The van der Waals surface area contributed by atoms with E-state index < -0.39 is 0 Å². The van der Waals surface area contributed by atoms with Crippen molar-refractivity contribution >= 4 is 17.3 Å². The number of esters is 1. The molecule has 1 saturated carbocycles. The number of carbonyl (C=O) groups is 1. The molecule has 0 unspecified atom stereocenters. The van der Waals surface area contributed by atoms with Crippen molar-refractivity contribution < 1.29 is 9.53 Å². The number of nitrogens with one attached hydrogen (secondary N) is 1. The van der Waals surface area contributed by atoms with E-state index in [4.69, 9.17) is 4.74 Å². The largest absolute Gasteiger partial charge is 0.462 e. The van der Waals surface area contributed by atoms with Gasteiger partial charge in [-0.15, -0.1) is 0 Å². The highest BCUT2D eigenvalue weighted by atomic mass is 16.5. The van der Waals surface area contributed by atoms with Crippen molar-refractivity contribution in [2.45, 2.75) is 25.8 Å². The molecule has 5 nitrogen and oxygen atoms in total. The van der Waals surface area contributed by atoms with E-state index in [1.165, 1.54) is 12.8 Å². The minimum absolute atomic E-state index is 0.299. The van der Waals surface area contributed by atoms with Crippen LogP contribution in [0, 0.1) is 0 Å². The van der Waals surface area contributed by atoms with Crippen LogP contribution in [0.1, 0.15) is 30.1 Å². The van der Waals surface area contributed by atoms with E-state index in [-0.39, 0.29) is 5.97 Å². The van der Waals surface area contributed by atoms with Gasteiger partial charge in [0.1, 0.15) is 0 Å². The molecule has 0 aliphatic heterocycles. The van der Waals surface area contributed by atoms with Crippen molar-refractivity contribution in [3.05, 3.63) is 30.2 Å². The molecule has 1 N–H and O–H groups in total. The lowest BCUT2D eigenvalue weighted by atomic mass is 10.2. The van der Waals surface area contributed by atoms with Crippen LogP contribution in [0.15, 0.2) is 24.7 Å². The maximum Gasteiger partial charge on any atom is 0.339 e. The van der Waals surface area contributed by atoms with Gasteiger partial charge in [0, 0.05) is 24.6 Å². The third-order valence-corrected chi connectivity index (χ3v) is 2.94. The Morgan fingerprint density at radius 2 is 2.44 bits per heavy atom. The summed E-state index contributed by atoms with van der Waals surface area (Å²) in [6.45, 7) is 2.18. The summed E-state index contributed by atoms with van der Waals surface area (Å²) in [6, 6.07) is 2.33. The first-order chi connectivity index (χ1) is 8.78. The molecule has 0 aromatic carbocycles. The number of hydrogen-bond acceptors (Lipinski definition) is 4. The molecular formula is C13H15N3O2. The highest BCUT2D eigenvalue weighted by molar-refractivity contribution is 5.91. The van der Waals surface area contributed by atoms with Crippen LogP contribution in [0.2, 0.25) is 0 Å². The van der Waals surface area contributed by atoms with Crippen LogP contribution >= 0.6 is 0 Å². The van der Waals surface area contributed by atoms with Gasteiger partial charge in [-0.2, -0.15) is 0 Å². The fourth-order valence-corrected chi connectivity index (χ4v) is 1.91. The maximum atomic E-state index is 11.8. The van der Waals surface area contributed by atoms with Gasteiger partial charge < -0.3 is 14.5 Å². The molecule has 94 valence electrons. The molecule has 0 spiro atoms. The normalized spacial score (nSPS) is 14.7. The average molecular weight is 245 g/mol. The summed E-state index contributed by atoms with van der Waals surface area (Å²) in [5.41, 5.74) is 2.29. The third-order valence-electron chi connectivity index (χ3n) is 2.94. The van der Waals surface area contributed by atoms with Crippen LogP contribution in [0.5, 0.6) is 0 Å². The van der Waals surface area contributed by atoms with Crippen molar-refractivity contribution in [2.75, 3.05) is 11.9 Å². The van der Waals surface area contributed by atoms with Gasteiger partial charge in [0.2, 0.25) is 0 Å². The summed E-state index contributed by atoms with van der Waals surface area (Å²) < 4.78 is 6.87. The van der Waals surface area contributed by atoms with Gasteiger partial charge in [0.15, 0.2) is 5.65 Å². The molecule has 0 amide bonds. The number of imidazole rings is 1. The second kappa shape index (κ2) is 4.33. The number of aromatic nitrogens is 2. The molecule has 2 aromatic rings. The Bertz CT molecular complexity index is 587. The summed E-state index contributed by atoms with van der Waals surface area (Å²) in [4.78, 5) is 16.1. The Morgan fingerprint density at radius 3 is 3.17 bits per heavy atom. The molecule has 2 aromatic heterocycles. The molecular weight excluding hydrogens is 230 g/mol. The van der Waals surface area contributed by atoms with Gasteiger partial charge in [-0.05, 0) is 25.8 Å². The first-order valence-electron chi connectivity index (χ1n) is 6.18. The summed E-state index contributed by atoms with van der Waals surface area (Å²) in [5, 5.41) is 3.39. The van der Waals surface area contributed by atoms with Crippen LogP contribution in [-0.4, -0.2) is 28.0 Å². The van der Waals surface area contributed by atoms with Gasteiger partial charge in [-0.3, -0.25) is 0 Å². The predicted molar refractivity (Wildman–Crippen MR) is 67.8 cm³/mol. The molecule has 0 bridgehead atoms. The highest BCUT2D eigenvalue weighted by Gasteiger charge is 2.23. The topological polar surface area (TPSA) is 55.6 Å². The van der Waals surface area contributed by atoms with Crippen molar-refractivity contribution in [1.29, 1.82) is 0 Å². The lowest BCUT2D eigenvalue weighted by Crippen LogP contribution is -2.09. The van der Waals surface area contributed by atoms with E-state index in [0.29, 0.717) is 18.2 Å². The van der Waals surface area contributed by atoms with Gasteiger partial charge in [-0.25, -0.2) is 9.78 Å². The van der Waals surface area contributed by atoms with Crippen LogP contribution in [-0.2, 0) is 4.74 Å². The van der Waals surface area contributed by atoms with Gasteiger partial charge in [0.25, 0.3) is 0 Å². The number of nitrogens with zero attached hydrogens (tertiary/aromatic N) is 2.